The fourth-order valence-corrected chi connectivity index (χ4v) is 3.53. The summed E-state index contributed by atoms with van der Waals surface area (Å²) >= 11 is 3.60. The SMILES string of the molecule is Cc1cc2c(cc1Br)OCC1(CC1)CN2Cc1ccc(F)cc1. The van der Waals surface area contributed by atoms with Crippen molar-refractivity contribution >= 4 is 21.6 Å². The molecule has 0 atom stereocenters. The molecular formula is C19H19BrFNO. The molecule has 2 aliphatic rings. The second-order valence-corrected chi connectivity index (χ2v) is 7.69. The van der Waals surface area contributed by atoms with Gasteiger partial charge in [-0.1, -0.05) is 28.1 Å². The first kappa shape index (κ1) is 15.0. The second-order valence-electron chi connectivity index (χ2n) is 6.84. The van der Waals surface area contributed by atoms with Crippen LogP contribution in [-0.4, -0.2) is 13.2 Å². The van der Waals surface area contributed by atoms with E-state index < -0.39 is 0 Å². The number of aryl methyl sites for hydroxylation is 1. The molecule has 2 aromatic carbocycles. The largest absolute Gasteiger partial charge is 0.491 e. The number of fused-ring (bicyclic) bond motifs is 1. The number of benzene rings is 2. The molecule has 23 heavy (non-hydrogen) atoms. The molecule has 1 heterocycles. The first-order valence-electron chi connectivity index (χ1n) is 7.97. The number of hydrogen-bond acceptors (Lipinski definition) is 2. The van der Waals surface area contributed by atoms with Gasteiger partial charge in [-0.3, -0.25) is 0 Å². The Balaban J connectivity index is 1.71. The summed E-state index contributed by atoms with van der Waals surface area (Å²) in [5.41, 5.74) is 3.75. The minimum atomic E-state index is -0.188. The van der Waals surface area contributed by atoms with Crippen LogP contribution in [0.15, 0.2) is 40.9 Å². The molecule has 0 amide bonds. The van der Waals surface area contributed by atoms with Crippen molar-refractivity contribution in [2.24, 2.45) is 5.41 Å². The van der Waals surface area contributed by atoms with Gasteiger partial charge in [-0.05, 0) is 55.2 Å². The molecule has 2 nitrogen and oxygen atoms in total. The summed E-state index contributed by atoms with van der Waals surface area (Å²) < 4.78 is 20.4. The lowest BCUT2D eigenvalue weighted by molar-refractivity contribution is 0.248. The molecule has 4 rings (SSSR count). The van der Waals surface area contributed by atoms with Crippen molar-refractivity contribution in [1.29, 1.82) is 0 Å². The summed E-state index contributed by atoms with van der Waals surface area (Å²) in [5.74, 6) is 0.750. The van der Waals surface area contributed by atoms with E-state index in [2.05, 4.69) is 39.9 Å². The van der Waals surface area contributed by atoms with E-state index in [1.54, 1.807) is 0 Å². The van der Waals surface area contributed by atoms with Crippen molar-refractivity contribution in [3.63, 3.8) is 0 Å². The topological polar surface area (TPSA) is 12.5 Å². The Kier molecular flexibility index (Phi) is 3.60. The Morgan fingerprint density at radius 2 is 1.96 bits per heavy atom. The maximum absolute atomic E-state index is 13.2. The van der Waals surface area contributed by atoms with E-state index >= 15 is 0 Å². The lowest BCUT2D eigenvalue weighted by Gasteiger charge is -2.27. The van der Waals surface area contributed by atoms with Crippen LogP contribution in [0.25, 0.3) is 0 Å². The first-order chi connectivity index (χ1) is 11.0. The number of ether oxygens (including phenoxy) is 1. The Morgan fingerprint density at radius 3 is 2.65 bits per heavy atom. The van der Waals surface area contributed by atoms with E-state index in [4.69, 9.17) is 4.74 Å². The highest BCUT2D eigenvalue weighted by Gasteiger charge is 2.46. The third-order valence-corrected chi connectivity index (χ3v) is 5.74. The fraction of sp³-hybridized carbons (Fsp3) is 0.368. The molecule has 0 bridgehead atoms. The van der Waals surface area contributed by atoms with E-state index in [0.717, 1.165) is 41.2 Å². The average molecular weight is 376 g/mol. The van der Waals surface area contributed by atoms with Crippen LogP contribution in [0.1, 0.15) is 24.0 Å². The van der Waals surface area contributed by atoms with Crippen molar-refractivity contribution < 1.29 is 9.13 Å². The smallest absolute Gasteiger partial charge is 0.143 e. The lowest BCUT2D eigenvalue weighted by Crippen LogP contribution is -2.30. The molecule has 120 valence electrons. The molecule has 0 aromatic heterocycles. The number of anilines is 1. The van der Waals surface area contributed by atoms with Gasteiger partial charge >= 0.3 is 0 Å². The molecule has 2 aromatic rings. The lowest BCUT2D eigenvalue weighted by atomic mass is 10.1. The summed E-state index contributed by atoms with van der Waals surface area (Å²) in [7, 11) is 0. The van der Waals surface area contributed by atoms with E-state index in [1.807, 2.05) is 12.1 Å². The maximum Gasteiger partial charge on any atom is 0.143 e. The van der Waals surface area contributed by atoms with E-state index in [-0.39, 0.29) is 5.82 Å². The van der Waals surface area contributed by atoms with Crippen LogP contribution in [0, 0.1) is 18.2 Å². The van der Waals surface area contributed by atoms with Crippen LogP contribution < -0.4 is 9.64 Å². The molecule has 0 saturated heterocycles. The van der Waals surface area contributed by atoms with Gasteiger partial charge in [-0.25, -0.2) is 4.39 Å². The third kappa shape index (κ3) is 2.97. The highest BCUT2D eigenvalue weighted by molar-refractivity contribution is 9.10. The van der Waals surface area contributed by atoms with E-state index in [0.29, 0.717) is 5.41 Å². The van der Waals surface area contributed by atoms with Crippen LogP contribution in [0.4, 0.5) is 10.1 Å². The van der Waals surface area contributed by atoms with Gasteiger partial charge in [-0.15, -0.1) is 0 Å². The Bertz CT molecular complexity index is 740. The van der Waals surface area contributed by atoms with Gasteiger partial charge in [0.2, 0.25) is 0 Å². The molecule has 0 N–H and O–H groups in total. The molecule has 0 radical (unpaired) electrons. The van der Waals surface area contributed by atoms with Crippen LogP contribution in [0.5, 0.6) is 5.75 Å². The summed E-state index contributed by atoms with van der Waals surface area (Å²) in [4.78, 5) is 2.39. The van der Waals surface area contributed by atoms with E-state index in [1.165, 1.54) is 30.5 Å². The van der Waals surface area contributed by atoms with Crippen molar-refractivity contribution in [2.45, 2.75) is 26.3 Å². The van der Waals surface area contributed by atoms with E-state index in [9.17, 15) is 4.39 Å². The number of halogens is 2. The molecular weight excluding hydrogens is 357 g/mol. The number of rotatable bonds is 2. The minimum Gasteiger partial charge on any atom is -0.491 e. The average Bonchev–Trinajstić information content (AvgIpc) is 3.31. The van der Waals surface area contributed by atoms with Crippen LogP contribution >= 0.6 is 15.9 Å². The molecule has 1 fully saturated rings. The molecule has 1 spiro atoms. The standard InChI is InChI=1S/C19H19BrFNO/c1-13-8-17-18(9-16(13)20)23-12-19(6-7-19)11-22(17)10-14-2-4-15(21)5-3-14/h2-5,8-9H,6-7,10-12H2,1H3. The van der Waals surface area contributed by atoms with Gasteiger partial charge < -0.3 is 9.64 Å². The van der Waals surface area contributed by atoms with Gasteiger partial charge in [0, 0.05) is 23.0 Å². The van der Waals surface area contributed by atoms with Gasteiger partial charge in [0.1, 0.15) is 11.6 Å². The predicted octanol–water partition coefficient (Wildman–Crippen LogP) is 5.08. The predicted molar refractivity (Wildman–Crippen MR) is 93.5 cm³/mol. The van der Waals surface area contributed by atoms with Crippen molar-refractivity contribution in [2.75, 3.05) is 18.1 Å². The second kappa shape index (κ2) is 5.52. The highest BCUT2D eigenvalue weighted by Crippen LogP contribution is 2.51. The Hall–Kier alpha value is -1.55. The van der Waals surface area contributed by atoms with Crippen molar-refractivity contribution in [3.8, 4) is 5.75 Å². The van der Waals surface area contributed by atoms with Gasteiger partial charge in [0.15, 0.2) is 0 Å². The zero-order valence-corrected chi connectivity index (χ0v) is 14.7. The summed E-state index contributed by atoms with van der Waals surface area (Å²) in [6, 6.07) is 11.1. The number of hydrogen-bond donors (Lipinski definition) is 0. The third-order valence-electron chi connectivity index (χ3n) is 4.88. The van der Waals surface area contributed by atoms with Crippen molar-refractivity contribution in [3.05, 3.63) is 57.8 Å². The summed E-state index contributed by atoms with van der Waals surface area (Å²) in [5, 5.41) is 0. The molecule has 1 aliphatic carbocycles. The number of nitrogens with zero attached hydrogens (tertiary/aromatic N) is 1. The molecule has 0 unspecified atom stereocenters. The zero-order valence-electron chi connectivity index (χ0n) is 13.1. The van der Waals surface area contributed by atoms with Gasteiger partial charge in [-0.2, -0.15) is 0 Å². The van der Waals surface area contributed by atoms with Crippen molar-refractivity contribution in [1.82, 2.24) is 0 Å². The highest BCUT2D eigenvalue weighted by atomic mass is 79.9. The van der Waals surface area contributed by atoms with Gasteiger partial charge in [0.25, 0.3) is 0 Å². The quantitative estimate of drug-likeness (QED) is 0.725. The first-order valence-corrected chi connectivity index (χ1v) is 8.76. The maximum atomic E-state index is 13.2. The molecule has 1 saturated carbocycles. The monoisotopic (exact) mass is 375 g/mol. The Morgan fingerprint density at radius 1 is 1.22 bits per heavy atom. The van der Waals surface area contributed by atoms with Crippen LogP contribution in [0.2, 0.25) is 0 Å². The van der Waals surface area contributed by atoms with Gasteiger partial charge in [0.05, 0.1) is 12.3 Å². The summed E-state index contributed by atoms with van der Waals surface area (Å²) in [6.07, 6.45) is 2.45. The Labute approximate surface area is 144 Å². The van der Waals surface area contributed by atoms with Crippen LogP contribution in [0.3, 0.4) is 0 Å². The summed E-state index contributed by atoms with van der Waals surface area (Å²) in [6.45, 7) is 4.66. The zero-order chi connectivity index (χ0) is 16.0. The molecule has 4 heteroatoms. The molecule has 1 aliphatic heterocycles. The van der Waals surface area contributed by atoms with Crippen LogP contribution in [-0.2, 0) is 6.54 Å². The normalized spacial score (nSPS) is 18.3. The minimum absolute atomic E-state index is 0.188. The fourth-order valence-electron chi connectivity index (χ4n) is 3.21.